The van der Waals surface area contributed by atoms with Gasteiger partial charge in [-0.15, -0.1) is 0 Å². The highest BCUT2D eigenvalue weighted by Crippen LogP contribution is 2.28. The van der Waals surface area contributed by atoms with Gasteiger partial charge in [-0.2, -0.15) is 13.2 Å². The maximum absolute atomic E-state index is 12.1. The molecule has 4 heteroatoms. The molecule has 0 spiro atoms. The van der Waals surface area contributed by atoms with Gasteiger partial charge in [0.15, 0.2) is 0 Å². The number of hydrogen-bond donors (Lipinski definition) is 0. The van der Waals surface area contributed by atoms with Crippen LogP contribution in [0.25, 0.3) is 0 Å². The summed E-state index contributed by atoms with van der Waals surface area (Å²) in [5, 5.41) is 0. The van der Waals surface area contributed by atoms with Gasteiger partial charge in [-0.25, -0.2) is 4.98 Å². The standard InChI is InChI=1S/C8H8F3N/c1-5-3-6(2)12-7(4-5)8(9,10)11/h3-4H,1-2H3. The SMILES string of the molecule is Cc1cc(C)nc(C(F)(F)F)c1. The van der Waals surface area contributed by atoms with Crippen molar-refractivity contribution >= 4 is 0 Å². The molecule has 0 radical (unpaired) electrons. The Morgan fingerprint density at radius 1 is 1.17 bits per heavy atom. The number of halogens is 3. The average molecular weight is 175 g/mol. The summed E-state index contributed by atoms with van der Waals surface area (Å²) in [6.07, 6.45) is -4.34. The molecule has 0 aliphatic carbocycles. The highest BCUT2D eigenvalue weighted by Gasteiger charge is 2.32. The van der Waals surface area contributed by atoms with Crippen molar-refractivity contribution in [2.24, 2.45) is 0 Å². The number of aryl methyl sites for hydroxylation is 2. The van der Waals surface area contributed by atoms with E-state index >= 15 is 0 Å². The summed E-state index contributed by atoms with van der Waals surface area (Å²) in [6.45, 7) is 3.16. The van der Waals surface area contributed by atoms with E-state index in [1.807, 2.05) is 0 Å². The van der Waals surface area contributed by atoms with E-state index in [0.717, 1.165) is 6.07 Å². The highest BCUT2D eigenvalue weighted by molar-refractivity contribution is 5.21. The van der Waals surface area contributed by atoms with Crippen LogP contribution in [0.4, 0.5) is 13.2 Å². The Labute approximate surface area is 68.2 Å². The maximum Gasteiger partial charge on any atom is 0.433 e. The van der Waals surface area contributed by atoms with Crippen molar-refractivity contribution in [3.05, 3.63) is 29.1 Å². The van der Waals surface area contributed by atoms with Gasteiger partial charge in [0.05, 0.1) is 0 Å². The number of aromatic nitrogens is 1. The maximum atomic E-state index is 12.1. The van der Waals surface area contributed by atoms with Crippen molar-refractivity contribution in [1.82, 2.24) is 4.98 Å². The zero-order valence-electron chi connectivity index (χ0n) is 6.74. The molecule has 0 N–H and O–H groups in total. The molecule has 0 saturated heterocycles. The lowest BCUT2D eigenvalue weighted by molar-refractivity contribution is -0.141. The molecule has 0 unspecified atom stereocenters. The molecule has 1 nitrogen and oxygen atoms in total. The highest BCUT2D eigenvalue weighted by atomic mass is 19.4. The van der Waals surface area contributed by atoms with E-state index in [1.54, 1.807) is 19.9 Å². The molecule has 1 aromatic rings. The number of alkyl halides is 3. The minimum absolute atomic E-state index is 0.391. The molecule has 0 bridgehead atoms. The predicted molar refractivity (Wildman–Crippen MR) is 38.7 cm³/mol. The Balaban J connectivity index is 3.18. The second kappa shape index (κ2) is 2.77. The predicted octanol–water partition coefficient (Wildman–Crippen LogP) is 2.72. The van der Waals surface area contributed by atoms with E-state index in [2.05, 4.69) is 4.98 Å². The topological polar surface area (TPSA) is 12.9 Å². The molecule has 0 atom stereocenters. The van der Waals surface area contributed by atoms with Crippen molar-refractivity contribution in [3.8, 4) is 0 Å². The van der Waals surface area contributed by atoms with Crippen LogP contribution >= 0.6 is 0 Å². The molecule has 1 aromatic heterocycles. The number of rotatable bonds is 0. The quantitative estimate of drug-likeness (QED) is 0.590. The van der Waals surface area contributed by atoms with E-state index in [1.165, 1.54) is 0 Å². The minimum Gasteiger partial charge on any atom is -0.249 e. The fourth-order valence-electron chi connectivity index (χ4n) is 0.987. The molecule has 66 valence electrons. The van der Waals surface area contributed by atoms with Gasteiger partial charge in [-0.3, -0.25) is 0 Å². The molecule has 1 heterocycles. The van der Waals surface area contributed by atoms with Gasteiger partial charge in [0, 0.05) is 5.69 Å². The van der Waals surface area contributed by atoms with Gasteiger partial charge in [0.1, 0.15) is 5.69 Å². The van der Waals surface area contributed by atoms with E-state index in [4.69, 9.17) is 0 Å². The first-order valence-corrected chi connectivity index (χ1v) is 3.42. The molecule has 0 fully saturated rings. The van der Waals surface area contributed by atoms with E-state index < -0.39 is 11.9 Å². The van der Waals surface area contributed by atoms with Crippen LogP contribution < -0.4 is 0 Å². The normalized spacial score (nSPS) is 11.8. The number of pyridine rings is 1. The van der Waals surface area contributed by atoms with Crippen molar-refractivity contribution in [2.75, 3.05) is 0 Å². The third kappa shape index (κ3) is 1.96. The van der Waals surface area contributed by atoms with Crippen LogP contribution in [0.5, 0.6) is 0 Å². The summed E-state index contributed by atoms with van der Waals surface area (Å²) < 4.78 is 36.3. The van der Waals surface area contributed by atoms with Gasteiger partial charge in [0.25, 0.3) is 0 Å². The van der Waals surface area contributed by atoms with Crippen molar-refractivity contribution in [1.29, 1.82) is 0 Å². The first-order valence-electron chi connectivity index (χ1n) is 3.42. The Kier molecular flexibility index (Phi) is 2.08. The molecule has 12 heavy (non-hydrogen) atoms. The van der Waals surface area contributed by atoms with Crippen molar-refractivity contribution in [3.63, 3.8) is 0 Å². The average Bonchev–Trinajstić information content (AvgIpc) is 1.82. The van der Waals surface area contributed by atoms with E-state index in [-0.39, 0.29) is 0 Å². The summed E-state index contributed by atoms with van der Waals surface area (Å²) in [7, 11) is 0. The molecule has 0 saturated carbocycles. The van der Waals surface area contributed by atoms with Gasteiger partial charge in [-0.05, 0) is 31.5 Å². The second-order valence-electron chi connectivity index (χ2n) is 2.67. The molecular formula is C8H8F3N. The third-order valence-corrected chi connectivity index (χ3v) is 1.39. The summed E-state index contributed by atoms with van der Waals surface area (Å²) in [5.74, 6) is 0. The Bertz CT molecular complexity index is 271. The summed E-state index contributed by atoms with van der Waals surface area (Å²) >= 11 is 0. The van der Waals surface area contributed by atoms with Crippen LogP contribution in [0.3, 0.4) is 0 Å². The van der Waals surface area contributed by atoms with Gasteiger partial charge in [-0.1, -0.05) is 0 Å². The summed E-state index contributed by atoms with van der Waals surface area (Å²) in [4.78, 5) is 3.38. The lowest BCUT2D eigenvalue weighted by Crippen LogP contribution is -2.08. The molecule has 1 rings (SSSR count). The van der Waals surface area contributed by atoms with Crippen LogP contribution in [0, 0.1) is 13.8 Å². The first-order chi connectivity index (χ1) is 5.39. The van der Waals surface area contributed by atoms with Crippen molar-refractivity contribution in [2.45, 2.75) is 20.0 Å². The smallest absolute Gasteiger partial charge is 0.249 e. The third-order valence-electron chi connectivity index (χ3n) is 1.39. The largest absolute Gasteiger partial charge is 0.433 e. The fraction of sp³-hybridized carbons (Fsp3) is 0.375. The fourth-order valence-corrected chi connectivity index (χ4v) is 0.987. The number of nitrogens with zero attached hydrogens (tertiary/aromatic N) is 1. The van der Waals surface area contributed by atoms with Crippen LogP contribution in [0.1, 0.15) is 17.0 Å². The monoisotopic (exact) mass is 175 g/mol. The molecular weight excluding hydrogens is 167 g/mol. The zero-order valence-corrected chi connectivity index (χ0v) is 6.74. The lowest BCUT2D eigenvalue weighted by Gasteiger charge is -2.06. The number of hydrogen-bond acceptors (Lipinski definition) is 1. The van der Waals surface area contributed by atoms with Gasteiger partial charge >= 0.3 is 6.18 Å². The zero-order chi connectivity index (χ0) is 9.35. The minimum atomic E-state index is -4.34. The van der Waals surface area contributed by atoms with Crippen LogP contribution in [-0.4, -0.2) is 4.98 Å². The Morgan fingerprint density at radius 2 is 1.75 bits per heavy atom. The van der Waals surface area contributed by atoms with Crippen molar-refractivity contribution < 1.29 is 13.2 Å². The van der Waals surface area contributed by atoms with Crippen LogP contribution in [-0.2, 0) is 6.18 Å². The lowest BCUT2D eigenvalue weighted by atomic mass is 10.2. The van der Waals surface area contributed by atoms with Gasteiger partial charge < -0.3 is 0 Å². The van der Waals surface area contributed by atoms with E-state index in [0.29, 0.717) is 11.3 Å². The summed E-state index contributed by atoms with van der Waals surface area (Å²) in [5.41, 5.74) is 0.150. The Morgan fingerprint density at radius 3 is 2.17 bits per heavy atom. The van der Waals surface area contributed by atoms with E-state index in [9.17, 15) is 13.2 Å². The first kappa shape index (κ1) is 9.03. The molecule has 0 aromatic carbocycles. The molecule has 0 aliphatic heterocycles. The molecule has 0 aliphatic rings. The Hall–Kier alpha value is -1.06. The van der Waals surface area contributed by atoms with Gasteiger partial charge in [0.2, 0.25) is 0 Å². The summed E-state index contributed by atoms with van der Waals surface area (Å²) in [6, 6.07) is 2.64. The van der Waals surface area contributed by atoms with Crippen LogP contribution in [0.2, 0.25) is 0 Å². The second-order valence-corrected chi connectivity index (χ2v) is 2.67. The van der Waals surface area contributed by atoms with Crippen LogP contribution in [0.15, 0.2) is 12.1 Å². The molecule has 0 amide bonds.